The number of aliphatic hydroxyl groups is 1. The van der Waals surface area contributed by atoms with Crippen LogP contribution in [-0.4, -0.2) is 40.6 Å². The summed E-state index contributed by atoms with van der Waals surface area (Å²) in [5.41, 5.74) is 0.914. The predicted octanol–water partition coefficient (Wildman–Crippen LogP) is 1.80. The zero-order chi connectivity index (χ0) is 16.1. The van der Waals surface area contributed by atoms with E-state index in [0.29, 0.717) is 18.2 Å². The fraction of sp³-hybridized carbons (Fsp3) is 0.312. The molecular formula is C16H18N4O3. The number of benzene rings is 1. The van der Waals surface area contributed by atoms with Crippen molar-refractivity contribution < 1.29 is 14.6 Å². The summed E-state index contributed by atoms with van der Waals surface area (Å²) in [6.07, 6.45) is -0.164. The molecule has 0 spiro atoms. The number of anilines is 2. The number of hydrogen-bond donors (Lipinski definition) is 2. The molecule has 1 aromatic carbocycles. The lowest BCUT2D eigenvalue weighted by atomic mass is 10.2. The molecule has 1 unspecified atom stereocenters. The Kier molecular flexibility index (Phi) is 4.68. The molecule has 2 heterocycles. The van der Waals surface area contributed by atoms with Gasteiger partial charge in [0.1, 0.15) is 6.61 Å². The van der Waals surface area contributed by atoms with Crippen LogP contribution in [0.25, 0.3) is 0 Å². The summed E-state index contributed by atoms with van der Waals surface area (Å²) in [7, 11) is 0. The minimum atomic E-state index is -0.576. The second-order valence-corrected chi connectivity index (χ2v) is 5.35. The monoisotopic (exact) mass is 314 g/mol. The maximum atomic E-state index is 11.7. The van der Waals surface area contributed by atoms with Crippen LogP contribution in [0.5, 0.6) is 0 Å². The van der Waals surface area contributed by atoms with Crippen LogP contribution in [0.15, 0.2) is 42.5 Å². The summed E-state index contributed by atoms with van der Waals surface area (Å²) in [6, 6.07) is 12.9. The quantitative estimate of drug-likeness (QED) is 0.894. The van der Waals surface area contributed by atoms with Gasteiger partial charge >= 0.3 is 6.09 Å². The topological polar surface area (TPSA) is 87.6 Å². The lowest BCUT2D eigenvalue weighted by Crippen LogP contribution is -2.23. The number of ether oxygens (including phenoxy) is 1. The zero-order valence-corrected chi connectivity index (χ0v) is 12.6. The first-order valence-electron chi connectivity index (χ1n) is 7.45. The Balaban J connectivity index is 1.50. The standard InChI is InChI=1S/C16H18N4O3/c21-13-8-9-20(10-13)15-7-6-14(18-19-15)17-16(22)23-11-12-4-2-1-3-5-12/h1-7,13,21H,8-11H2,(H,17,18,22). The lowest BCUT2D eigenvalue weighted by Gasteiger charge is -2.15. The van der Waals surface area contributed by atoms with Gasteiger partial charge in [0.2, 0.25) is 0 Å². The van der Waals surface area contributed by atoms with E-state index in [1.54, 1.807) is 12.1 Å². The Bertz CT molecular complexity index is 648. The highest BCUT2D eigenvalue weighted by Gasteiger charge is 2.21. The Morgan fingerprint density at radius 2 is 2.09 bits per heavy atom. The third-order valence-corrected chi connectivity index (χ3v) is 3.58. The van der Waals surface area contributed by atoms with E-state index in [4.69, 9.17) is 4.74 Å². The van der Waals surface area contributed by atoms with E-state index in [-0.39, 0.29) is 12.7 Å². The molecule has 1 aliphatic rings. The average Bonchev–Trinajstić information content (AvgIpc) is 3.01. The van der Waals surface area contributed by atoms with E-state index < -0.39 is 6.09 Å². The van der Waals surface area contributed by atoms with Gasteiger partial charge in [0, 0.05) is 13.1 Å². The fourth-order valence-electron chi connectivity index (χ4n) is 2.37. The number of rotatable bonds is 4. The van der Waals surface area contributed by atoms with Gasteiger partial charge in [-0.1, -0.05) is 30.3 Å². The Hall–Kier alpha value is -2.67. The second kappa shape index (κ2) is 7.06. The number of nitrogens with zero attached hydrogens (tertiary/aromatic N) is 3. The van der Waals surface area contributed by atoms with Gasteiger partial charge < -0.3 is 14.7 Å². The van der Waals surface area contributed by atoms with Crippen LogP contribution in [0.2, 0.25) is 0 Å². The fourth-order valence-corrected chi connectivity index (χ4v) is 2.37. The third kappa shape index (κ3) is 4.17. The molecule has 120 valence electrons. The molecule has 1 saturated heterocycles. The number of carbonyl (C=O) groups is 1. The zero-order valence-electron chi connectivity index (χ0n) is 12.6. The van der Waals surface area contributed by atoms with Crippen molar-refractivity contribution in [2.24, 2.45) is 0 Å². The van der Waals surface area contributed by atoms with Crippen molar-refractivity contribution in [3.05, 3.63) is 48.0 Å². The van der Waals surface area contributed by atoms with Crippen LogP contribution in [0.3, 0.4) is 0 Å². The summed E-state index contributed by atoms with van der Waals surface area (Å²) in [6.45, 7) is 1.51. The van der Waals surface area contributed by atoms with Crippen molar-refractivity contribution in [3.8, 4) is 0 Å². The van der Waals surface area contributed by atoms with Gasteiger partial charge in [0.15, 0.2) is 11.6 Å². The summed E-state index contributed by atoms with van der Waals surface area (Å²) < 4.78 is 5.11. The average molecular weight is 314 g/mol. The molecule has 0 radical (unpaired) electrons. The molecular weight excluding hydrogens is 296 g/mol. The van der Waals surface area contributed by atoms with Gasteiger partial charge in [-0.3, -0.25) is 5.32 Å². The van der Waals surface area contributed by atoms with Crippen LogP contribution < -0.4 is 10.2 Å². The van der Waals surface area contributed by atoms with Gasteiger partial charge in [-0.15, -0.1) is 10.2 Å². The van der Waals surface area contributed by atoms with E-state index >= 15 is 0 Å². The number of amides is 1. The van der Waals surface area contributed by atoms with Gasteiger partial charge in [0.25, 0.3) is 0 Å². The maximum Gasteiger partial charge on any atom is 0.413 e. The first-order chi connectivity index (χ1) is 11.2. The number of aromatic nitrogens is 2. The summed E-state index contributed by atoms with van der Waals surface area (Å²) >= 11 is 0. The first kappa shape index (κ1) is 15.2. The number of nitrogens with one attached hydrogen (secondary N) is 1. The predicted molar refractivity (Wildman–Crippen MR) is 85.1 cm³/mol. The van der Waals surface area contributed by atoms with E-state index in [0.717, 1.165) is 18.5 Å². The molecule has 7 nitrogen and oxygen atoms in total. The SMILES string of the molecule is O=C(Nc1ccc(N2CCC(O)C2)nn1)OCc1ccccc1. The van der Waals surface area contributed by atoms with Crippen molar-refractivity contribution in [1.82, 2.24) is 10.2 Å². The van der Waals surface area contributed by atoms with Crippen molar-refractivity contribution in [3.63, 3.8) is 0 Å². The normalized spacial score (nSPS) is 17.1. The summed E-state index contributed by atoms with van der Waals surface area (Å²) in [4.78, 5) is 13.7. The molecule has 0 bridgehead atoms. The minimum Gasteiger partial charge on any atom is -0.444 e. The van der Waals surface area contributed by atoms with Crippen molar-refractivity contribution >= 4 is 17.7 Å². The van der Waals surface area contributed by atoms with E-state index in [2.05, 4.69) is 15.5 Å². The highest BCUT2D eigenvalue weighted by molar-refractivity contribution is 5.83. The molecule has 23 heavy (non-hydrogen) atoms. The van der Waals surface area contributed by atoms with Gasteiger partial charge in [-0.05, 0) is 24.1 Å². The van der Waals surface area contributed by atoms with Gasteiger partial charge in [-0.25, -0.2) is 4.79 Å². The molecule has 1 amide bonds. The van der Waals surface area contributed by atoms with E-state index in [9.17, 15) is 9.90 Å². The third-order valence-electron chi connectivity index (χ3n) is 3.58. The highest BCUT2D eigenvalue weighted by Crippen LogP contribution is 2.18. The van der Waals surface area contributed by atoms with Crippen LogP contribution >= 0.6 is 0 Å². The first-order valence-corrected chi connectivity index (χ1v) is 7.45. The molecule has 1 fully saturated rings. The van der Waals surface area contributed by atoms with Gasteiger partial charge in [-0.2, -0.15) is 0 Å². The minimum absolute atomic E-state index is 0.198. The molecule has 2 aromatic rings. The second-order valence-electron chi connectivity index (χ2n) is 5.35. The van der Waals surface area contributed by atoms with Gasteiger partial charge in [0.05, 0.1) is 6.10 Å². The summed E-state index contributed by atoms with van der Waals surface area (Å²) in [5, 5.41) is 20.1. The molecule has 0 aliphatic carbocycles. The molecule has 2 N–H and O–H groups in total. The van der Waals surface area contributed by atoms with E-state index in [1.807, 2.05) is 35.2 Å². The summed E-state index contributed by atoms with van der Waals surface area (Å²) in [5.74, 6) is 1.01. The van der Waals surface area contributed by atoms with Crippen molar-refractivity contribution in [2.75, 3.05) is 23.3 Å². The Labute approximate surface area is 133 Å². The van der Waals surface area contributed by atoms with Crippen LogP contribution in [-0.2, 0) is 11.3 Å². The Morgan fingerprint density at radius 3 is 2.74 bits per heavy atom. The largest absolute Gasteiger partial charge is 0.444 e. The number of hydrogen-bond acceptors (Lipinski definition) is 6. The lowest BCUT2D eigenvalue weighted by molar-refractivity contribution is 0.155. The van der Waals surface area contributed by atoms with Crippen molar-refractivity contribution in [1.29, 1.82) is 0 Å². The van der Waals surface area contributed by atoms with Crippen LogP contribution in [0.4, 0.5) is 16.4 Å². The molecule has 1 aliphatic heterocycles. The molecule has 3 rings (SSSR count). The number of carbonyl (C=O) groups excluding carboxylic acids is 1. The molecule has 7 heteroatoms. The number of β-amino-alcohol motifs (C(OH)–C–C–N with tert-alkyl or cyclic N) is 1. The highest BCUT2D eigenvalue weighted by atomic mass is 16.5. The number of aliphatic hydroxyl groups excluding tert-OH is 1. The van der Waals surface area contributed by atoms with Crippen LogP contribution in [0, 0.1) is 0 Å². The van der Waals surface area contributed by atoms with Crippen molar-refractivity contribution in [2.45, 2.75) is 19.1 Å². The Morgan fingerprint density at radius 1 is 1.26 bits per heavy atom. The molecule has 0 saturated carbocycles. The maximum absolute atomic E-state index is 11.7. The molecule has 1 atom stereocenters. The van der Waals surface area contributed by atoms with Crippen LogP contribution in [0.1, 0.15) is 12.0 Å². The molecule has 1 aromatic heterocycles. The van der Waals surface area contributed by atoms with E-state index in [1.165, 1.54) is 0 Å². The smallest absolute Gasteiger partial charge is 0.413 e.